The molecule has 0 rings (SSSR count). The lowest BCUT2D eigenvalue weighted by Crippen LogP contribution is -2.13. The molecule has 0 aliphatic heterocycles. The van der Waals surface area contributed by atoms with Crippen molar-refractivity contribution in [1.82, 2.24) is 0 Å². The largest absolute Gasteiger partial charge is 0.382 e. The SMILES string of the molecule is CCCCCC(C)OP(=S)(OCCOC)OCCOC. The van der Waals surface area contributed by atoms with Crippen molar-refractivity contribution < 1.29 is 23.0 Å². The third-order valence-corrected chi connectivity index (χ3v) is 5.10. The van der Waals surface area contributed by atoms with Gasteiger partial charge in [0.25, 0.3) is 0 Å². The van der Waals surface area contributed by atoms with Gasteiger partial charge in [0, 0.05) is 14.2 Å². The summed E-state index contributed by atoms with van der Waals surface area (Å²) >= 11 is 5.42. The fraction of sp³-hybridized carbons (Fsp3) is 1.00. The smallest absolute Gasteiger partial charge is 0.327 e. The van der Waals surface area contributed by atoms with E-state index in [9.17, 15) is 0 Å². The summed E-state index contributed by atoms with van der Waals surface area (Å²) in [7, 11) is 3.24. The van der Waals surface area contributed by atoms with Crippen LogP contribution >= 0.6 is 6.72 Å². The fourth-order valence-corrected chi connectivity index (χ4v) is 3.74. The summed E-state index contributed by atoms with van der Waals surface area (Å²) in [4.78, 5) is 0. The maximum absolute atomic E-state index is 5.85. The Balaban J connectivity index is 4.23. The number of ether oxygens (including phenoxy) is 2. The minimum absolute atomic E-state index is 0.0393. The summed E-state index contributed by atoms with van der Waals surface area (Å²) in [6.07, 6.45) is 4.52. The molecule has 122 valence electrons. The minimum atomic E-state index is -2.71. The van der Waals surface area contributed by atoms with E-state index in [1.807, 2.05) is 6.92 Å². The van der Waals surface area contributed by atoms with Crippen LogP contribution in [0.15, 0.2) is 0 Å². The molecule has 1 unspecified atom stereocenters. The van der Waals surface area contributed by atoms with Gasteiger partial charge in [-0.25, -0.2) is 0 Å². The highest BCUT2D eigenvalue weighted by Gasteiger charge is 2.23. The van der Waals surface area contributed by atoms with Crippen LogP contribution in [0.5, 0.6) is 0 Å². The van der Waals surface area contributed by atoms with E-state index >= 15 is 0 Å². The zero-order valence-electron chi connectivity index (χ0n) is 13.1. The summed E-state index contributed by atoms with van der Waals surface area (Å²) in [5.41, 5.74) is 0. The van der Waals surface area contributed by atoms with Gasteiger partial charge in [0.2, 0.25) is 0 Å². The number of rotatable bonds is 14. The monoisotopic (exact) mass is 328 g/mol. The zero-order chi connectivity index (χ0) is 15.3. The summed E-state index contributed by atoms with van der Waals surface area (Å²) in [5, 5.41) is 0. The first-order valence-corrected chi connectivity index (χ1v) is 9.69. The molecule has 0 aromatic heterocycles. The molecule has 1 atom stereocenters. The maximum Gasteiger partial charge on any atom is 0.327 e. The van der Waals surface area contributed by atoms with Crippen molar-refractivity contribution in [3.8, 4) is 0 Å². The lowest BCUT2D eigenvalue weighted by atomic mass is 10.1. The Morgan fingerprint density at radius 3 is 1.95 bits per heavy atom. The molecular formula is C13H29O5PS. The second kappa shape index (κ2) is 13.1. The molecular weight excluding hydrogens is 299 g/mol. The molecule has 0 fully saturated rings. The van der Waals surface area contributed by atoms with Gasteiger partial charge in [0.15, 0.2) is 0 Å². The molecule has 0 aromatic rings. The Kier molecular flexibility index (Phi) is 13.4. The Labute approximate surface area is 128 Å². The van der Waals surface area contributed by atoms with Crippen molar-refractivity contribution in [3.63, 3.8) is 0 Å². The van der Waals surface area contributed by atoms with Crippen LogP contribution in [0.25, 0.3) is 0 Å². The number of hydrogen-bond donors (Lipinski definition) is 0. The van der Waals surface area contributed by atoms with Crippen LogP contribution in [-0.4, -0.2) is 46.8 Å². The molecule has 0 amide bonds. The fourth-order valence-electron chi connectivity index (χ4n) is 1.52. The van der Waals surface area contributed by atoms with Crippen LogP contribution in [0, 0.1) is 0 Å². The highest BCUT2D eigenvalue weighted by atomic mass is 32.5. The molecule has 0 bridgehead atoms. The minimum Gasteiger partial charge on any atom is -0.382 e. The van der Waals surface area contributed by atoms with E-state index in [2.05, 4.69) is 6.92 Å². The van der Waals surface area contributed by atoms with Gasteiger partial charge in [-0.05, 0) is 25.2 Å². The van der Waals surface area contributed by atoms with Gasteiger partial charge in [0.1, 0.15) is 0 Å². The molecule has 20 heavy (non-hydrogen) atoms. The predicted octanol–water partition coefficient (Wildman–Crippen LogP) is 3.52. The maximum atomic E-state index is 5.85. The van der Waals surface area contributed by atoms with E-state index in [0.717, 1.165) is 12.8 Å². The van der Waals surface area contributed by atoms with Crippen molar-refractivity contribution in [2.75, 3.05) is 40.6 Å². The molecule has 0 heterocycles. The second-order valence-corrected chi connectivity index (χ2v) is 7.47. The molecule has 0 N–H and O–H groups in total. The molecule has 0 radical (unpaired) electrons. The van der Waals surface area contributed by atoms with E-state index in [0.29, 0.717) is 26.4 Å². The normalized spacial score (nSPS) is 13.6. The lowest BCUT2D eigenvalue weighted by molar-refractivity contribution is 0.0748. The third kappa shape index (κ3) is 11.1. The van der Waals surface area contributed by atoms with Crippen LogP contribution < -0.4 is 0 Å². The molecule has 0 saturated carbocycles. The lowest BCUT2D eigenvalue weighted by Gasteiger charge is -2.25. The number of hydrogen-bond acceptors (Lipinski definition) is 6. The van der Waals surface area contributed by atoms with Gasteiger partial charge in [-0.15, -0.1) is 0 Å². The standard InChI is InChI=1S/C13H29O5PS/c1-5-6-7-8-13(2)18-19(20,16-11-9-14-3)17-12-10-15-4/h13H,5-12H2,1-4H3. The first-order valence-electron chi connectivity index (χ1n) is 7.13. The van der Waals surface area contributed by atoms with Gasteiger partial charge in [-0.3, -0.25) is 0 Å². The van der Waals surface area contributed by atoms with Gasteiger partial charge in [-0.2, -0.15) is 0 Å². The highest BCUT2D eigenvalue weighted by Crippen LogP contribution is 2.51. The van der Waals surface area contributed by atoms with Gasteiger partial charge in [0.05, 0.1) is 32.5 Å². The van der Waals surface area contributed by atoms with E-state index in [-0.39, 0.29) is 6.10 Å². The summed E-state index contributed by atoms with van der Waals surface area (Å²) in [5.74, 6) is 0. The quantitative estimate of drug-likeness (QED) is 0.359. The summed E-state index contributed by atoms with van der Waals surface area (Å²) in [6.45, 7) is 3.18. The Hall–Kier alpha value is 0.450. The second-order valence-electron chi connectivity index (χ2n) is 4.51. The highest BCUT2D eigenvalue weighted by molar-refractivity contribution is 8.07. The van der Waals surface area contributed by atoms with E-state index < -0.39 is 6.72 Å². The van der Waals surface area contributed by atoms with Crippen LogP contribution in [0.3, 0.4) is 0 Å². The van der Waals surface area contributed by atoms with Crippen LogP contribution in [0.2, 0.25) is 0 Å². The molecule has 0 saturated heterocycles. The molecule has 0 aromatic carbocycles. The zero-order valence-corrected chi connectivity index (χ0v) is 14.8. The average Bonchev–Trinajstić information content (AvgIpc) is 2.39. The summed E-state index contributed by atoms with van der Waals surface area (Å²) in [6, 6.07) is 0. The van der Waals surface area contributed by atoms with Crippen molar-refractivity contribution >= 4 is 18.5 Å². The number of methoxy groups -OCH3 is 2. The van der Waals surface area contributed by atoms with Gasteiger partial charge >= 0.3 is 6.72 Å². The summed E-state index contributed by atoms with van der Waals surface area (Å²) < 4.78 is 27.0. The number of unbranched alkanes of at least 4 members (excludes halogenated alkanes) is 2. The van der Waals surface area contributed by atoms with Crippen molar-refractivity contribution in [2.24, 2.45) is 0 Å². The first kappa shape index (κ1) is 20.5. The van der Waals surface area contributed by atoms with E-state index in [1.54, 1.807) is 14.2 Å². The Bertz CT molecular complexity index is 251. The third-order valence-electron chi connectivity index (χ3n) is 2.60. The van der Waals surface area contributed by atoms with Crippen LogP contribution in [-0.2, 0) is 34.9 Å². The molecule has 5 nitrogen and oxygen atoms in total. The van der Waals surface area contributed by atoms with Gasteiger partial charge in [-0.1, -0.05) is 26.2 Å². The molecule has 7 heteroatoms. The van der Waals surface area contributed by atoms with Crippen molar-refractivity contribution in [2.45, 2.75) is 45.6 Å². The van der Waals surface area contributed by atoms with Crippen LogP contribution in [0.4, 0.5) is 0 Å². The molecule has 0 aliphatic carbocycles. The molecule has 0 aliphatic rings. The first-order chi connectivity index (χ1) is 9.58. The topological polar surface area (TPSA) is 46.2 Å². The van der Waals surface area contributed by atoms with Crippen LogP contribution in [0.1, 0.15) is 39.5 Å². The van der Waals surface area contributed by atoms with Gasteiger partial charge < -0.3 is 23.0 Å². The molecule has 0 spiro atoms. The van der Waals surface area contributed by atoms with Crippen molar-refractivity contribution in [3.05, 3.63) is 0 Å². The van der Waals surface area contributed by atoms with E-state index in [1.165, 1.54) is 12.8 Å². The van der Waals surface area contributed by atoms with Crippen molar-refractivity contribution in [1.29, 1.82) is 0 Å². The average molecular weight is 328 g/mol. The van der Waals surface area contributed by atoms with E-state index in [4.69, 9.17) is 34.9 Å². The Morgan fingerprint density at radius 1 is 0.950 bits per heavy atom. The Morgan fingerprint density at radius 2 is 1.50 bits per heavy atom. The predicted molar refractivity (Wildman–Crippen MR) is 84.6 cm³/mol.